The number of ether oxygens (including phenoxy) is 1. The molecule has 1 fully saturated rings. The highest BCUT2D eigenvalue weighted by atomic mass is 127. The van der Waals surface area contributed by atoms with E-state index in [1.165, 1.54) is 6.42 Å². The maximum Gasteiger partial charge on any atom is 0.338 e. The SMILES string of the molecule is O=C(OC1CCCCC1)c1ccc(NC(=O)c2ccccc2I)cc1. The third-order valence-corrected chi connectivity index (χ3v) is 5.26. The average Bonchev–Trinajstić information content (AvgIpc) is 2.63. The summed E-state index contributed by atoms with van der Waals surface area (Å²) in [5.41, 5.74) is 1.79. The van der Waals surface area contributed by atoms with Gasteiger partial charge in [0.05, 0.1) is 11.1 Å². The first-order chi connectivity index (χ1) is 12.1. The van der Waals surface area contributed by atoms with Crippen molar-refractivity contribution < 1.29 is 14.3 Å². The Morgan fingerprint density at radius 2 is 1.64 bits per heavy atom. The fourth-order valence-electron chi connectivity index (χ4n) is 2.94. The Morgan fingerprint density at radius 1 is 0.960 bits per heavy atom. The number of carbonyl (C=O) groups excluding carboxylic acids is 2. The number of halogens is 1. The summed E-state index contributed by atoms with van der Waals surface area (Å²) in [6, 6.07) is 14.2. The molecule has 5 heteroatoms. The van der Waals surface area contributed by atoms with Gasteiger partial charge in [0.2, 0.25) is 0 Å². The number of benzene rings is 2. The van der Waals surface area contributed by atoms with E-state index in [4.69, 9.17) is 4.74 Å². The van der Waals surface area contributed by atoms with Crippen molar-refractivity contribution in [3.8, 4) is 0 Å². The molecule has 1 saturated carbocycles. The number of anilines is 1. The van der Waals surface area contributed by atoms with Crippen molar-refractivity contribution in [1.82, 2.24) is 0 Å². The maximum atomic E-state index is 12.3. The van der Waals surface area contributed by atoms with Crippen LogP contribution >= 0.6 is 22.6 Å². The zero-order valence-electron chi connectivity index (χ0n) is 13.8. The summed E-state index contributed by atoms with van der Waals surface area (Å²) in [6.07, 6.45) is 5.43. The lowest BCUT2D eigenvalue weighted by Crippen LogP contribution is -2.21. The first-order valence-corrected chi connectivity index (χ1v) is 9.58. The van der Waals surface area contributed by atoms with Gasteiger partial charge >= 0.3 is 5.97 Å². The molecule has 25 heavy (non-hydrogen) atoms. The summed E-state index contributed by atoms with van der Waals surface area (Å²) in [5.74, 6) is -0.454. The fraction of sp³-hybridized carbons (Fsp3) is 0.300. The molecule has 1 aliphatic carbocycles. The van der Waals surface area contributed by atoms with E-state index in [0.717, 1.165) is 29.3 Å². The van der Waals surface area contributed by atoms with Crippen molar-refractivity contribution in [2.45, 2.75) is 38.2 Å². The van der Waals surface area contributed by atoms with E-state index < -0.39 is 0 Å². The van der Waals surface area contributed by atoms with E-state index in [-0.39, 0.29) is 18.0 Å². The van der Waals surface area contributed by atoms with Crippen LogP contribution in [0.2, 0.25) is 0 Å². The van der Waals surface area contributed by atoms with Gasteiger partial charge in [0.15, 0.2) is 0 Å². The van der Waals surface area contributed by atoms with Crippen LogP contribution in [0, 0.1) is 3.57 Å². The minimum atomic E-state index is -0.289. The van der Waals surface area contributed by atoms with Crippen molar-refractivity contribution in [3.63, 3.8) is 0 Å². The lowest BCUT2D eigenvalue weighted by atomic mass is 9.98. The van der Waals surface area contributed by atoms with Crippen LogP contribution in [0.1, 0.15) is 52.8 Å². The summed E-state index contributed by atoms with van der Waals surface area (Å²) in [4.78, 5) is 24.5. The van der Waals surface area contributed by atoms with E-state index in [1.807, 2.05) is 18.2 Å². The number of nitrogens with one attached hydrogen (secondary N) is 1. The molecule has 0 unspecified atom stereocenters. The second-order valence-corrected chi connectivity index (χ2v) is 7.34. The quantitative estimate of drug-likeness (QED) is 0.526. The number of rotatable bonds is 4. The highest BCUT2D eigenvalue weighted by molar-refractivity contribution is 14.1. The number of hydrogen-bond donors (Lipinski definition) is 1. The largest absolute Gasteiger partial charge is 0.459 e. The molecule has 0 radical (unpaired) electrons. The molecule has 0 spiro atoms. The second-order valence-electron chi connectivity index (χ2n) is 6.18. The zero-order chi connectivity index (χ0) is 17.6. The molecule has 2 aromatic carbocycles. The van der Waals surface area contributed by atoms with Crippen LogP contribution in [-0.2, 0) is 4.74 Å². The van der Waals surface area contributed by atoms with E-state index in [1.54, 1.807) is 30.3 Å². The summed E-state index contributed by atoms with van der Waals surface area (Å²) in [5, 5.41) is 2.85. The number of hydrogen-bond acceptors (Lipinski definition) is 3. The van der Waals surface area contributed by atoms with Crippen molar-refractivity contribution in [2.24, 2.45) is 0 Å². The molecule has 0 bridgehead atoms. The van der Waals surface area contributed by atoms with Crippen LogP contribution in [0.5, 0.6) is 0 Å². The highest BCUT2D eigenvalue weighted by Gasteiger charge is 2.18. The van der Waals surface area contributed by atoms with Crippen molar-refractivity contribution in [2.75, 3.05) is 5.32 Å². The average molecular weight is 449 g/mol. The number of esters is 1. The molecule has 1 amide bonds. The number of carbonyl (C=O) groups is 2. The molecule has 130 valence electrons. The molecule has 0 aromatic heterocycles. The van der Waals surface area contributed by atoms with Gasteiger partial charge in [0.25, 0.3) is 5.91 Å². The fourth-order valence-corrected chi connectivity index (χ4v) is 3.57. The second kappa shape index (κ2) is 8.47. The summed E-state index contributed by atoms with van der Waals surface area (Å²) in [7, 11) is 0. The van der Waals surface area contributed by atoms with Gasteiger partial charge in [0.1, 0.15) is 6.10 Å². The van der Waals surface area contributed by atoms with E-state index >= 15 is 0 Å². The van der Waals surface area contributed by atoms with Crippen LogP contribution in [0.4, 0.5) is 5.69 Å². The Hall–Kier alpha value is -1.89. The first kappa shape index (κ1) is 17.9. The first-order valence-electron chi connectivity index (χ1n) is 8.50. The van der Waals surface area contributed by atoms with Crippen LogP contribution in [0.3, 0.4) is 0 Å². The Kier molecular flexibility index (Phi) is 6.07. The predicted molar refractivity (Wildman–Crippen MR) is 106 cm³/mol. The van der Waals surface area contributed by atoms with Crippen molar-refractivity contribution in [3.05, 3.63) is 63.2 Å². The zero-order valence-corrected chi connectivity index (χ0v) is 16.0. The smallest absolute Gasteiger partial charge is 0.338 e. The summed E-state index contributed by atoms with van der Waals surface area (Å²) < 4.78 is 6.45. The van der Waals surface area contributed by atoms with Gasteiger partial charge in [-0.1, -0.05) is 18.6 Å². The minimum absolute atomic E-state index is 0.0424. The predicted octanol–water partition coefficient (Wildman–Crippen LogP) is 5.03. The molecular weight excluding hydrogens is 429 g/mol. The molecule has 1 N–H and O–H groups in total. The third-order valence-electron chi connectivity index (χ3n) is 4.32. The number of amides is 1. The molecule has 4 nitrogen and oxygen atoms in total. The molecule has 0 aliphatic heterocycles. The van der Waals surface area contributed by atoms with E-state index in [2.05, 4.69) is 27.9 Å². The Bertz CT molecular complexity index is 752. The summed E-state index contributed by atoms with van der Waals surface area (Å²) in [6.45, 7) is 0. The van der Waals surface area contributed by atoms with E-state index in [0.29, 0.717) is 16.8 Å². The normalized spacial score (nSPS) is 14.8. The molecule has 0 saturated heterocycles. The Labute approximate surface area is 161 Å². The monoisotopic (exact) mass is 449 g/mol. The lowest BCUT2D eigenvalue weighted by Gasteiger charge is -2.21. The molecule has 3 rings (SSSR count). The molecule has 0 heterocycles. The standard InChI is InChI=1S/C20H20INO3/c21-18-9-5-4-8-17(18)19(23)22-15-12-10-14(11-13-15)20(24)25-16-6-2-1-3-7-16/h4-5,8-13,16H,1-3,6-7H2,(H,22,23). The maximum absolute atomic E-state index is 12.3. The van der Waals surface area contributed by atoms with Crippen molar-refractivity contribution in [1.29, 1.82) is 0 Å². The summed E-state index contributed by atoms with van der Waals surface area (Å²) >= 11 is 2.14. The van der Waals surface area contributed by atoms with Gasteiger partial charge in [-0.2, -0.15) is 0 Å². The lowest BCUT2D eigenvalue weighted by molar-refractivity contribution is 0.0211. The van der Waals surface area contributed by atoms with Crippen molar-refractivity contribution >= 4 is 40.2 Å². The van der Waals surface area contributed by atoms with Gasteiger partial charge in [0, 0.05) is 9.26 Å². The Balaban J connectivity index is 1.61. The highest BCUT2D eigenvalue weighted by Crippen LogP contribution is 2.22. The van der Waals surface area contributed by atoms with Gasteiger partial charge in [-0.3, -0.25) is 4.79 Å². The van der Waals surface area contributed by atoms with Crippen LogP contribution in [0.25, 0.3) is 0 Å². The van der Waals surface area contributed by atoms with Crippen LogP contribution in [-0.4, -0.2) is 18.0 Å². The molecule has 1 aliphatic rings. The van der Waals surface area contributed by atoms with Gasteiger partial charge in [-0.25, -0.2) is 4.79 Å². The van der Waals surface area contributed by atoms with Gasteiger partial charge in [-0.05, 0) is 84.7 Å². The minimum Gasteiger partial charge on any atom is -0.459 e. The van der Waals surface area contributed by atoms with Gasteiger partial charge < -0.3 is 10.1 Å². The third kappa shape index (κ3) is 4.81. The van der Waals surface area contributed by atoms with Crippen LogP contribution in [0.15, 0.2) is 48.5 Å². The molecule has 2 aromatic rings. The van der Waals surface area contributed by atoms with Gasteiger partial charge in [-0.15, -0.1) is 0 Å². The van der Waals surface area contributed by atoms with E-state index in [9.17, 15) is 9.59 Å². The Morgan fingerprint density at radius 3 is 2.32 bits per heavy atom. The topological polar surface area (TPSA) is 55.4 Å². The molecular formula is C20H20INO3. The molecule has 0 atom stereocenters. The van der Waals surface area contributed by atoms with Crippen LogP contribution < -0.4 is 5.32 Å².